The van der Waals surface area contributed by atoms with Crippen LogP contribution in [-0.2, 0) is 4.74 Å². The van der Waals surface area contributed by atoms with Crippen molar-refractivity contribution in [2.24, 2.45) is 0 Å². The van der Waals surface area contributed by atoms with Gasteiger partial charge in [0.2, 0.25) is 0 Å². The number of hydrogen-bond donors (Lipinski definition) is 0. The smallest absolute Gasteiger partial charge is 0.339 e. The van der Waals surface area contributed by atoms with Gasteiger partial charge in [-0.25, -0.2) is 9.78 Å². The highest BCUT2D eigenvalue weighted by Crippen LogP contribution is 2.26. The Kier molecular flexibility index (Phi) is 5.73. The predicted molar refractivity (Wildman–Crippen MR) is 114 cm³/mol. The molecule has 29 heavy (non-hydrogen) atoms. The summed E-state index contributed by atoms with van der Waals surface area (Å²) in [6.07, 6.45) is 0. The van der Waals surface area contributed by atoms with Gasteiger partial charge in [-0.15, -0.1) is 0 Å². The Bertz CT molecular complexity index is 1150. The Morgan fingerprint density at radius 3 is 2.41 bits per heavy atom. The average Bonchev–Trinajstić information content (AvgIpc) is 2.77. The van der Waals surface area contributed by atoms with E-state index in [1.807, 2.05) is 66.7 Å². The molecule has 0 N–H and O–H groups in total. The van der Waals surface area contributed by atoms with Crippen LogP contribution in [-0.4, -0.2) is 24.2 Å². The first-order valence-corrected chi connectivity index (χ1v) is 9.60. The minimum Gasteiger partial charge on any atom is -0.488 e. The van der Waals surface area contributed by atoms with Crippen LogP contribution < -0.4 is 4.74 Å². The fourth-order valence-corrected chi connectivity index (χ4v) is 3.22. The fraction of sp³-hybridized carbons (Fsp3) is 0.0833. The van der Waals surface area contributed by atoms with Crippen LogP contribution in [0.15, 0.2) is 84.9 Å². The number of para-hydroxylation sites is 2. The van der Waals surface area contributed by atoms with Crippen molar-refractivity contribution < 1.29 is 14.3 Å². The van der Waals surface area contributed by atoms with Crippen LogP contribution in [0.5, 0.6) is 5.75 Å². The summed E-state index contributed by atoms with van der Waals surface area (Å²) in [4.78, 5) is 17.5. The van der Waals surface area contributed by atoms with Crippen LogP contribution in [0.25, 0.3) is 22.2 Å². The third kappa shape index (κ3) is 4.39. The van der Waals surface area contributed by atoms with Gasteiger partial charge in [0, 0.05) is 10.9 Å². The highest BCUT2D eigenvalue weighted by atomic mass is 35.5. The Labute approximate surface area is 173 Å². The number of aromatic nitrogens is 1. The molecule has 0 spiro atoms. The van der Waals surface area contributed by atoms with Crippen molar-refractivity contribution in [2.45, 2.75) is 0 Å². The SMILES string of the molecule is O=C(OCCOc1ccccc1Cl)c1cc(-c2ccccc2)nc2ccccc12. The molecular formula is C24H18ClNO3. The predicted octanol–water partition coefficient (Wildman–Crippen LogP) is 5.79. The molecule has 5 heteroatoms. The van der Waals surface area contributed by atoms with Crippen LogP contribution in [0.1, 0.15) is 10.4 Å². The number of ether oxygens (including phenoxy) is 2. The molecule has 0 aliphatic rings. The molecule has 0 saturated heterocycles. The lowest BCUT2D eigenvalue weighted by atomic mass is 10.0. The zero-order chi connectivity index (χ0) is 20.1. The van der Waals surface area contributed by atoms with Crippen molar-refractivity contribution in [2.75, 3.05) is 13.2 Å². The second kappa shape index (κ2) is 8.76. The first-order valence-electron chi connectivity index (χ1n) is 9.22. The number of halogens is 1. The van der Waals surface area contributed by atoms with E-state index in [0.29, 0.717) is 16.3 Å². The van der Waals surface area contributed by atoms with Gasteiger partial charge >= 0.3 is 5.97 Å². The van der Waals surface area contributed by atoms with Crippen LogP contribution in [0, 0.1) is 0 Å². The largest absolute Gasteiger partial charge is 0.488 e. The van der Waals surface area contributed by atoms with E-state index in [2.05, 4.69) is 4.98 Å². The van der Waals surface area contributed by atoms with Crippen molar-refractivity contribution in [3.05, 3.63) is 95.5 Å². The van der Waals surface area contributed by atoms with Gasteiger partial charge in [0.1, 0.15) is 19.0 Å². The molecule has 144 valence electrons. The second-order valence-corrected chi connectivity index (χ2v) is 6.76. The monoisotopic (exact) mass is 403 g/mol. The number of esters is 1. The number of carbonyl (C=O) groups excluding carboxylic acids is 1. The highest BCUT2D eigenvalue weighted by Gasteiger charge is 2.15. The number of fused-ring (bicyclic) bond motifs is 1. The van der Waals surface area contributed by atoms with Crippen molar-refractivity contribution in [3.63, 3.8) is 0 Å². The lowest BCUT2D eigenvalue weighted by Gasteiger charge is -2.11. The topological polar surface area (TPSA) is 48.4 Å². The van der Waals surface area contributed by atoms with E-state index in [-0.39, 0.29) is 13.2 Å². The first kappa shape index (κ1) is 19.0. The summed E-state index contributed by atoms with van der Waals surface area (Å²) < 4.78 is 11.0. The van der Waals surface area contributed by atoms with Crippen molar-refractivity contribution in [1.29, 1.82) is 0 Å². The van der Waals surface area contributed by atoms with Gasteiger partial charge in [-0.1, -0.05) is 72.3 Å². The van der Waals surface area contributed by atoms with Crippen molar-refractivity contribution >= 4 is 28.5 Å². The van der Waals surface area contributed by atoms with Gasteiger partial charge in [-0.05, 0) is 24.3 Å². The standard InChI is InChI=1S/C24H18ClNO3/c25-20-11-5-7-13-23(20)28-14-15-29-24(27)19-16-22(17-8-2-1-3-9-17)26-21-12-6-4-10-18(19)21/h1-13,16H,14-15H2. The molecular weight excluding hydrogens is 386 g/mol. The lowest BCUT2D eigenvalue weighted by Crippen LogP contribution is -2.13. The van der Waals surface area contributed by atoms with Crippen LogP contribution in [0.3, 0.4) is 0 Å². The number of carbonyl (C=O) groups is 1. The Balaban J connectivity index is 1.53. The molecule has 0 amide bonds. The molecule has 0 fully saturated rings. The number of benzene rings is 3. The number of hydrogen-bond acceptors (Lipinski definition) is 4. The normalized spacial score (nSPS) is 10.7. The van der Waals surface area contributed by atoms with Gasteiger partial charge < -0.3 is 9.47 Å². The highest BCUT2D eigenvalue weighted by molar-refractivity contribution is 6.32. The molecule has 0 aliphatic heterocycles. The van der Waals surface area contributed by atoms with E-state index in [0.717, 1.165) is 22.2 Å². The first-order chi connectivity index (χ1) is 14.2. The maximum Gasteiger partial charge on any atom is 0.339 e. The molecule has 4 aromatic rings. The molecule has 4 rings (SSSR count). The fourth-order valence-electron chi connectivity index (χ4n) is 3.03. The summed E-state index contributed by atoms with van der Waals surface area (Å²) in [6.45, 7) is 0.325. The summed E-state index contributed by atoms with van der Waals surface area (Å²) in [7, 11) is 0. The summed E-state index contributed by atoms with van der Waals surface area (Å²) in [6, 6.07) is 26.2. The third-order valence-corrected chi connectivity index (χ3v) is 4.73. The zero-order valence-electron chi connectivity index (χ0n) is 15.5. The maximum absolute atomic E-state index is 12.8. The van der Waals surface area contributed by atoms with E-state index in [1.165, 1.54) is 0 Å². The van der Waals surface area contributed by atoms with E-state index in [1.54, 1.807) is 18.2 Å². The molecule has 3 aromatic carbocycles. The maximum atomic E-state index is 12.8. The van der Waals surface area contributed by atoms with E-state index >= 15 is 0 Å². The third-order valence-electron chi connectivity index (χ3n) is 4.42. The minimum atomic E-state index is -0.413. The van der Waals surface area contributed by atoms with Gasteiger partial charge in [-0.3, -0.25) is 0 Å². The summed E-state index contributed by atoms with van der Waals surface area (Å²) in [5, 5.41) is 1.27. The minimum absolute atomic E-state index is 0.112. The van der Waals surface area contributed by atoms with Crippen LogP contribution in [0.2, 0.25) is 5.02 Å². The quantitative estimate of drug-likeness (QED) is 0.302. The van der Waals surface area contributed by atoms with Gasteiger partial charge in [0.05, 0.1) is 21.8 Å². The van der Waals surface area contributed by atoms with E-state index < -0.39 is 5.97 Å². The molecule has 0 radical (unpaired) electrons. The van der Waals surface area contributed by atoms with E-state index in [9.17, 15) is 4.79 Å². The number of pyridine rings is 1. The summed E-state index contributed by atoms with van der Waals surface area (Å²) >= 11 is 6.06. The van der Waals surface area contributed by atoms with Crippen LogP contribution >= 0.6 is 11.6 Å². The molecule has 0 unspecified atom stereocenters. The average molecular weight is 404 g/mol. The van der Waals surface area contributed by atoms with Gasteiger partial charge in [-0.2, -0.15) is 0 Å². The second-order valence-electron chi connectivity index (χ2n) is 6.35. The molecule has 0 atom stereocenters. The molecule has 0 bridgehead atoms. The Hall–Kier alpha value is -3.37. The lowest BCUT2D eigenvalue weighted by molar-refractivity contribution is 0.0453. The Morgan fingerprint density at radius 1 is 0.862 bits per heavy atom. The molecule has 1 aromatic heterocycles. The summed E-state index contributed by atoms with van der Waals surface area (Å²) in [5.74, 6) is 0.148. The zero-order valence-corrected chi connectivity index (χ0v) is 16.3. The van der Waals surface area contributed by atoms with E-state index in [4.69, 9.17) is 21.1 Å². The Morgan fingerprint density at radius 2 is 1.59 bits per heavy atom. The molecule has 0 aliphatic carbocycles. The van der Waals surface area contributed by atoms with Gasteiger partial charge in [0.15, 0.2) is 0 Å². The number of nitrogens with zero attached hydrogens (tertiary/aromatic N) is 1. The molecule has 1 heterocycles. The summed E-state index contributed by atoms with van der Waals surface area (Å²) in [5.41, 5.74) is 2.89. The number of rotatable bonds is 6. The molecule has 0 saturated carbocycles. The van der Waals surface area contributed by atoms with Crippen molar-refractivity contribution in [1.82, 2.24) is 4.98 Å². The molecule has 4 nitrogen and oxygen atoms in total. The van der Waals surface area contributed by atoms with Crippen molar-refractivity contribution in [3.8, 4) is 17.0 Å². The van der Waals surface area contributed by atoms with Crippen LogP contribution in [0.4, 0.5) is 0 Å². The van der Waals surface area contributed by atoms with Gasteiger partial charge in [0.25, 0.3) is 0 Å².